The molecule has 0 amide bonds. The third kappa shape index (κ3) is 6.72. The van der Waals surface area contributed by atoms with Crippen LogP contribution in [0.2, 0.25) is 0 Å². The van der Waals surface area contributed by atoms with Crippen LogP contribution in [-0.4, -0.2) is 43.0 Å². The molecule has 2 aromatic carbocycles. The molecule has 0 aliphatic carbocycles. The summed E-state index contributed by atoms with van der Waals surface area (Å²) < 4.78 is 0. The lowest BCUT2D eigenvalue weighted by atomic mass is 10.0. The largest absolute Gasteiger partial charge is 0.481 e. The zero-order chi connectivity index (χ0) is 21.1. The Balaban J connectivity index is 0.000000892. The fraction of sp³-hybridized carbons (Fsp3) is 0.391. The molecule has 0 radical (unpaired) electrons. The van der Waals surface area contributed by atoms with E-state index < -0.39 is 5.97 Å². The third-order valence-electron chi connectivity index (χ3n) is 4.57. The van der Waals surface area contributed by atoms with Crippen molar-refractivity contribution in [2.45, 2.75) is 34.6 Å². The lowest BCUT2D eigenvalue weighted by Gasteiger charge is -2.22. The lowest BCUT2D eigenvalue weighted by molar-refractivity contribution is -0.134. The van der Waals surface area contributed by atoms with Crippen LogP contribution >= 0.6 is 0 Å². The number of benzene rings is 2. The highest BCUT2D eigenvalue weighted by molar-refractivity contribution is 6.11. The number of nitrogens with one attached hydrogen (secondary N) is 1. The van der Waals surface area contributed by atoms with E-state index in [0.717, 1.165) is 44.2 Å². The minimum absolute atomic E-state index is 0.576. The second kappa shape index (κ2) is 11.8. The van der Waals surface area contributed by atoms with Gasteiger partial charge in [0.2, 0.25) is 0 Å². The van der Waals surface area contributed by atoms with Crippen LogP contribution in [0, 0.1) is 5.41 Å². The van der Waals surface area contributed by atoms with E-state index in [-0.39, 0.29) is 0 Å². The van der Waals surface area contributed by atoms with E-state index in [9.17, 15) is 0 Å². The molecule has 0 aliphatic heterocycles. The highest BCUT2D eigenvalue weighted by atomic mass is 16.4. The van der Waals surface area contributed by atoms with Crippen molar-refractivity contribution in [1.29, 1.82) is 5.41 Å². The van der Waals surface area contributed by atoms with Crippen LogP contribution in [0.15, 0.2) is 48.5 Å². The fourth-order valence-corrected chi connectivity index (χ4v) is 3.02. The molecule has 0 saturated heterocycles. The van der Waals surface area contributed by atoms with Crippen molar-refractivity contribution in [1.82, 2.24) is 0 Å². The van der Waals surface area contributed by atoms with Crippen molar-refractivity contribution in [3.8, 4) is 0 Å². The van der Waals surface area contributed by atoms with Crippen molar-refractivity contribution in [3.63, 3.8) is 0 Å². The number of carboxylic acid groups (broad SMARTS) is 1. The van der Waals surface area contributed by atoms with Gasteiger partial charge in [-0.3, -0.25) is 10.2 Å². The average molecular weight is 384 g/mol. The number of rotatable bonds is 8. The number of carbonyl (C=O) groups is 1. The van der Waals surface area contributed by atoms with Gasteiger partial charge in [-0.15, -0.1) is 0 Å². The molecule has 0 unspecified atom stereocenters. The molecule has 5 nitrogen and oxygen atoms in total. The molecule has 0 saturated carbocycles. The molecular weight excluding hydrogens is 350 g/mol. The zero-order valence-electron chi connectivity index (χ0n) is 17.7. The first-order valence-corrected chi connectivity index (χ1v) is 9.86. The first kappa shape index (κ1) is 23.2. The summed E-state index contributed by atoms with van der Waals surface area (Å²) in [7, 11) is 0. The van der Waals surface area contributed by atoms with E-state index in [1.54, 1.807) is 0 Å². The van der Waals surface area contributed by atoms with Gasteiger partial charge in [-0.2, -0.15) is 0 Å². The second-order valence-electron chi connectivity index (χ2n) is 6.33. The average Bonchev–Trinajstić information content (AvgIpc) is 2.70. The molecule has 0 spiro atoms. The molecular formula is C23H33N3O2. The summed E-state index contributed by atoms with van der Waals surface area (Å²) in [5.41, 5.74) is 4.93. The summed E-state index contributed by atoms with van der Waals surface area (Å²) in [6, 6.07) is 16.6. The Morgan fingerprint density at radius 2 is 1.00 bits per heavy atom. The Hall–Kier alpha value is -2.82. The fourth-order valence-electron chi connectivity index (χ4n) is 3.02. The van der Waals surface area contributed by atoms with E-state index in [2.05, 4.69) is 61.8 Å². The second-order valence-corrected chi connectivity index (χ2v) is 6.33. The quantitative estimate of drug-likeness (QED) is 0.637. The molecule has 2 rings (SSSR count). The highest BCUT2D eigenvalue weighted by Gasteiger charge is 2.08. The van der Waals surface area contributed by atoms with Crippen molar-refractivity contribution >= 4 is 23.1 Å². The van der Waals surface area contributed by atoms with Crippen LogP contribution in [0.1, 0.15) is 45.7 Å². The smallest absolute Gasteiger partial charge is 0.300 e. The predicted molar refractivity (Wildman–Crippen MR) is 119 cm³/mol. The van der Waals surface area contributed by atoms with Gasteiger partial charge in [0.1, 0.15) is 0 Å². The zero-order valence-corrected chi connectivity index (χ0v) is 17.7. The van der Waals surface area contributed by atoms with Gasteiger partial charge in [-0.05, 0) is 52.0 Å². The number of aliphatic carboxylic acids is 1. The Bertz CT molecular complexity index is 670. The minimum Gasteiger partial charge on any atom is -0.481 e. The van der Waals surface area contributed by atoms with Crippen LogP contribution in [0.25, 0.3) is 0 Å². The summed E-state index contributed by atoms with van der Waals surface area (Å²) in [5.74, 6) is -0.833. The van der Waals surface area contributed by atoms with Gasteiger partial charge in [0.05, 0.1) is 5.71 Å². The predicted octanol–water partition coefficient (Wildman–Crippen LogP) is 4.89. The van der Waals surface area contributed by atoms with Crippen LogP contribution in [-0.2, 0) is 4.79 Å². The molecule has 0 fully saturated rings. The standard InChI is InChI=1S/C21H29N3.C2H4O2/c1-5-23(6-2)19-13-9-17(10-14-19)21(22)18-11-15-20(16-12-18)24(7-3)8-4;1-2(3)4/h9-16,22H,5-8H2,1-4H3;1H3,(H,3,4). The van der Waals surface area contributed by atoms with Crippen molar-refractivity contribution in [3.05, 3.63) is 59.7 Å². The Kier molecular flexibility index (Phi) is 9.79. The maximum Gasteiger partial charge on any atom is 0.300 e. The molecule has 0 bridgehead atoms. The monoisotopic (exact) mass is 383 g/mol. The van der Waals surface area contributed by atoms with E-state index in [1.165, 1.54) is 11.4 Å². The molecule has 5 heteroatoms. The molecule has 0 aromatic heterocycles. The maximum absolute atomic E-state index is 9.00. The molecule has 2 aromatic rings. The third-order valence-corrected chi connectivity index (χ3v) is 4.57. The maximum atomic E-state index is 9.00. The van der Waals surface area contributed by atoms with E-state index >= 15 is 0 Å². The molecule has 2 N–H and O–H groups in total. The molecule has 0 atom stereocenters. The summed E-state index contributed by atoms with van der Waals surface area (Å²) in [5, 5.41) is 15.9. The molecule has 152 valence electrons. The van der Waals surface area contributed by atoms with Crippen molar-refractivity contribution in [2.24, 2.45) is 0 Å². The van der Waals surface area contributed by atoms with Gasteiger partial charge in [0.15, 0.2) is 0 Å². The number of anilines is 2. The van der Waals surface area contributed by atoms with E-state index in [0.29, 0.717) is 5.71 Å². The molecule has 0 aliphatic rings. The first-order chi connectivity index (χ1) is 13.4. The van der Waals surface area contributed by atoms with Gasteiger partial charge in [0.25, 0.3) is 5.97 Å². The van der Waals surface area contributed by atoms with Gasteiger partial charge < -0.3 is 14.9 Å². The van der Waals surface area contributed by atoms with E-state index in [4.69, 9.17) is 15.3 Å². The van der Waals surface area contributed by atoms with Crippen LogP contribution in [0.5, 0.6) is 0 Å². The summed E-state index contributed by atoms with van der Waals surface area (Å²) >= 11 is 0. The van der Waals surface area contributed by atoms with Gasteiger partial charge in [0, 0.05) is 55.6 Å². The SMILES string of the molecule is CC(=O)O.CCN(CC)c1ccc(C(=N)c2ccc(N(CC)CC)cc2)cc1. The minimum atomic E-state index is -0.833. The van der Waals surface area contributed by atoms with Gasteiger partial charge in [-0.1, -0.05) is 24.3 Å². The highest BCUT2D eigenvalue weighted by Crippen LogP contribution is 2.19. The summed E-state index contributed by atoms with van der Waals surface area (Å²) in [4.78, 5) is 13.6. The number of nitrogens with zero attached hydrogens (tertiary/aromatic N) is 2. The van der Waals surface area contributed by atoms with Crippen molar-refractivity contribution < 1.29 is 9.90 Å². The number of carboxylic acids is 1. The van der Waals surface area contributed by atoms with Crippen LogP contribution in [0.3, 0.4) is 0 Å². The Labute approximate surface area is 169 Å². The topological polar surface area (TPSA) is 67.6 Å². The Morgan fingerprint density at radius 3 is 1.21 bits per heavy atom. The summed E-state index contributed by atoms with van der Waals surface area (Å²) in [6.07, 6.45) is 0. The number of hydrogen-bond acceptors (Lipinski definition) is 4. The summed E-state index contributed by atoms with van der Waals surface area (Å²) in [6.45, 7) is 13.7. The van der Waals surface area contributed by atoms with Gasteiger partial charge in [-0.25, -0.2) is 0 Å². The van der Waals surface area contributed by atoms with Crippen molar-refractivity contribution in [2.75, 3.05) is 36.0 Å². The first-order valence-electron chi connectivity index (χ1n) is 9.86. The normalized spacial score (nSPS) is 9.89. The van der Waals surface area contributed by atoms with E-state index in [1.807, 2.05) is 24.3 Å². The lowest BCUT2D eigenvalue weighted by Crippen LogP contribution is -2.22. The molecule has 0 heterocycles. The Morgan fingerprint density at radius 1 is 0.750 bits per heavy atom. The molecule has 28 heavy (non-hydrogen) atoms. The van der Waals surface area contributed by atoms with Gasteiger partial charge >= 0.3 is 0 Å². The number of hydrogen-bond donors (Lipinski definition) is 2. The van der Waals surface area contributed by atoms with Crippen LogP contribution < -0.4 is 9.80 Å². The van der Waals surface area contributed by atoms with Crippen LogP contribution in [0.4, 0.5) is 11.4 Å².